The predicted molar refractivity (Wildman–Crippen MR) is 106 cm³/mol. The highest BCUT2D eigenvalue weighted by Gasteiger charge is 2.37. The molecule has 1 aromatic rings. The fraction of sp³-hybridized carbons (Fsp3) is 0.850. The highest BCUT2D eigenvalue weighted by atomic mass is 16.5. The summed E-state index contributed by atoms with van der Waals surface area (Å²) in [6, 6.07) is 0.426. The van der Waals surface area contributed by atoms with Crippen molar-refractivity contribution < 1.29 is 9.47 Å². The van der Waals surface area contributed by atoms with Gasteiger partial charge in [-0.15, -0.1) is 0 Å². The molecule has 0 aromatic carbocycles. The zero-order valence-corrected chi connectivity index (χ0v) is 17.1. The molecule has 1 saturated carbocycles. The van der Waals surface area contributed by atoms with Gasteiger partial charge in [-0.1, -0.05) is 0 Å². The Morgan fingerprint density at radius 1 is 1.19 bits per heavy atom. The van der Waals surface area contributed by atoms with E-state index in [4.69, 9.17) is 9.47 Å². The molecule has 1 unspecified atom stereocenters. The lowest BCUT2D eigenvalue weighted by Gasteiger charge is -2.39. The lowest BCUT2D eigenvalue weighted by Crippen LogP contribution is -2.38. The lowest BCUT2D eigenvalue weighted by molar-refractivity contribution is -0.0397. The van der Waals surface area contributed by atoms with E-state index in [1.165, 1.54) is 24.1 Å². The Morgan fingerprint density at radius 3 is 2.38 bits per heavy atom. The van der Waals surface area contributed by atoms with E-state index in [-0.39, 0.29) is 5.41 Å². The summed E-state index contributed by atoms with van der Waals surface area (Å²) in [6.07, 6.45) is 7.67. The van der Waals surface area contributed by atoms with Crippen LogP contribution in [0.2, 0.25) is 0 Å². The van der Waals surface area contributed by atoms with E-state index < -0.39 is 0 Å². The minimum Gasteiger partial charge on any atom is -0.381 e. The first-order valence-electron chi connectivity index (χ1n) is 10.2. The Hall–Kier alpha value is -0.950. The summed E-state index contributed by atoms with van der Waals surface area (Å²) < 4.78 is 11.6. The van der Waals surface area contributed by atoms with E-state index in [2.05, 4.69) is 34.7 Å². The van der Waals surface area contributed by atoms with Crippen LogP contribution in [-0.2, 0) is 15.9 Å². The molecule has 0 bridgehead atoms. The van der Waals surface area contributed by atoms with Gasteiger partial charge in [-0.2, -0.15) is 5.10 Å². The monoisotopic (exact) mass is 366 g/mol. The molecule has 1 fully saturated rings. The molecule has 150 valence electrons. The molecule has 0 spiro atoms. The van der Waals surface area contributed by atoms with E-state index in [1.54, 1.807) is 0 Å². The molecule has 0 saturated heterocycles. The molecule has 0 radical (unpaired) electrons. The van der Waals surface area contributed by atoms with Crippen LogP contribution < -0.4 is 10.6 Å². The highest BCUT2D eigenvalue weighted by Crippen LogP contribution is 2.44. The summed E-state index contributed by atoms with van der Waals surface area (Å²) >= 11 is 0. The van der Waals surface area contributed by atoms with E-state index in [9.17, 15) is 0 Å². The topological polar surface area (TPSA) is 71.2 Å². The van der Waals surface area contributed by atoms with E-state index in [1.807, 2.05) is 20.3 Å². The summed E-state index contributed by atoms with van der Waals surface area (Å²) in [6.45, 7) is 8.28. The molecule has 1 atom stereocenters. The third-order valence-corrected chi connectivity index (χ3v) is 5.76. The van der Waals surface area contributed by atoms with Crippen LogP contribution in [0.25, 0.3) is 0 Å². The molecule has 6 heteroatoms. The van der Waals surface area contributed by atoms with Gasteiger partial charge in [0.2, 0.25) is 0 Å². The van der Waals surface area contributed by atoms with Crippen LogP contribution in [-0.4, -0.2) is 63.3 Å². The number of hydrogen-bond acceptors (Lipinski definition) is 5. The normalized spacial score (nSPS) is 18.9. The van der Waals surface area contributed by atoms with Crippen LogP contribution in [0.15, 0.2) is 6.20 Å². The van der Waals surface area contributed by atoms with Crippen molar-refractivity contribution in [3.8, 4) is 0 Å². The fourth-order valence-corrected chi connectivity index (χ4v) is 4.11. The number of ether oxygens (including phenoxy) is 2. The van der Waals surface area contributed by atoms with Gasteiger partial charge in [-0.25, -0.2) is 0 Å². The molecule has 3 N–H and O–H groups in total. The first-order chi connectivity index (χ1) is 12.7. The zero-order chi connectivity index (χ0) is 18.8. The van der Waals surface area contributed by atoms with Gasteiger partial charge < -0.3 is 20.1 Å². The van der Waals surface area contributed by atoms with Crippen molar-refractivity contribution >= 4 is 0 Å². The number of nitrogens with zero attached hydrogens (tertiary/aromatic N) is 1. The average molecular weight is 367 g/mol. The Kier molecular flexibility index (Phi) is 9.05. The van der Waals surface area contributed by atoms with Gasteiger partial charge in [-0.05, 0) is 65.6 Å². The summed E-state index contributed by atoms with van der Waals surface area (Å²) in [4.78, 5) is 0. The second-order valence-corrected chi connectivity index (χ2v) is 7.60. The third-order valence-electron chi connectivity index (χ3n) is 5.76. The number of rotatable bonds is 12. The van der Waals surface area contributed by atoms with Gasteiger partial charge in [0.05, 0.1) is 19.4 Å². The maximum atomic E-state index is 5.80. The second-order valence-electron chi connectivity index (χ2n) is 7.60. The van der Waals surface area contributed by atoms with Crippen LogP contribution >= 0.6 is 0 Å². The Morgan fingerprint density at radius 2 is 1.85 bits per heavy atom. The quantitative estimate of drug-likeness (QED) is 0.530. The average Bonchev–Trinajstić information content (AvgIpc) is 3.13. The summed E-state index contributed by atoms with van der Waals surface area (Å²) in [5, 5.41) is 14.3. The summed E-state index contributed by atoms with van der Waals surface area (Å²) in [7, 11) is 4.02. The molecule has 6 nitrogen and oxygen atoms in total. The lowest BCUT2D eigenvalue weighted by atomic mass is 9.70. The number of hydrogen-bond donors (Lipinski definition) is 3. The molecule has 0 amide bonds. The Balaban J connectivity index is 1.99. The van der Waals surface area contributed by atoms with Crippen LogP contribution in [0.1, 0.15) is 56.7 Å². The van der Waals surface area contributed by atoms with Gasteiger partial charge in [0.15, 0.2) is 0 Å². The fourth-order valence-electron chi connectivity index (χ4n) is 4.11. The van der Waals surface area contributed by atoms with Crippen LogP contribution in [0.5, 0.6) is 0 Å². The zero-order valence-electron chi connectivity index (χ0n) is 17.1. The molecule has 0 aliphatic heterocycles. The minimum absolute atomic E-state index is 0.183. The van der Waals surface area contributed by atoms with Crippen LogP contribution in [0, 0.1) is 5.41 Å². The van der Waals surface area contributed by atoms with Gasteiger partial charge in [0.1, 0.15) is 0 Å². The van der Waals surface area contributed by atoms with Crippen molar-refractivity contribution in [3.05, 3.63) is 17.5 Å². The van der Waals surface area contributed by atoms with E-state index in [0.717, 1.165) is 52.2 Å². The second kappa shape index (κ2) is 11.0. The van der Waals surface area contributed by atoms with Crippen molar-refractivity contribution in [2.45, 2.75) is 57.9 Å². The van der Waals surface area contributed by atoms with Gasteiger partial charge >= 0.3 is 0 Å². The van der Waals surface area contributed by atoms with Crippen molar-refractivity contribution in [1.82, 2.24) is 20.8 Å². The van der Waals surface area contributed by atoms with Crippen molar-refractivity contribution in [3.63, 3.8) is 0 Å². The molecular weight excluding hydrogens is 328 g/mol. The predicted octanol–water partition coefficient (Wildman–Crippen LogP) is 2.48. The number of nitrogens with one attached hydrogen (secondary N) is 3. The number of aromatic amines is 1. The molecule has 26 heavy (non-hydrogen) atoms. The summed E-state index contributed by atoms with van der Waals surface area (Å²) in [5.41, 5.74) is 2.87. The highest BCUT2D eigenvalue weighted by molar-refractivity contribution is 5.22. The van der Waals surface area contributed by atoms with Gasteiger partial charge in [0, 0.05) is 42.8 Å². The van der Waals surface area contributed by atoms with Crippen molar-refractivity contribution in [1.29, 1.82) is 0 Å². The molecule has 1 aromatic heterocycles. The van der Waals surface area contributed by atoms with E-state index >= 15 is 0 Å². The molecule has 1 heterocycles. The number of H-pyrrole nitrogens is 1. The van der Waals surface area contributed by atoms with Crippen molar-refractivity contribution in [2.24, 2.45) is 5.41 Å². The molecule has 1 aliphatic carbocycles. The van der Waals surface area contributed by atoms with Gasteiger partial charge in [0.25, 0.3) is 0 Å². The Labute approximate surface area is 158 Å². The standard InChI is InChI=1S/C20H38N4O2/c1-5-25-14-20(15-26-6-2)9-7-16(8-10-20)19-17(12-23-24-19)11-18(22-4)13-21-3/h12,16,18,21-22H,5-11,13-15H2,1-4H3,(H,23,24). The first-order valence-corrected chi connectivity index (χ1v) is 10.2. The maximum Gasteiger partial charge on any atom is 0.0544 e. The minimum atomic E-state index is 0.183. The largest absolute Gasteiger partial charge is 0.381 e. The SMILES string of the molecule is CCOCC1(COCC)CCC(c2[nH]ncc2CC(CNC)NC)CC1. The number of aromatic nitrogens is 2. The van der Waals surface area contributed by atoms with Gasteiger partial charge in [-0.3, -0.25) is 5.10 Å². The summed E-state index contributed by atoms with van der Waals surface area (Å²) in [5.74, 6) is 0.566. The van der Waals surface area contributed by atoms with Crippen LogP contribution in [0.4, 0.5) is 0 Å². The van der Waals surface area contributed by atoms with E-state index in [0.29, 0.717) is 12.0 Å². The Bertz CT molecular complexity index is 488. The molecule has 2 rings (SSSR count). The molecular formula is C20H38N4O2. The third kappa shape index (κ3) is 5.78. The maximum absolute atomic E-state index is 5.80. The van der Waals surface area contributed by atoms with Crippen LogP contribution in [0.3, 0.4) is 0 Å². The number of likely N-dealkylation sites (N-methyl/N-ethyl adjacent to an activating group) is 2. The molecule has 1 aliphatic rings. The smallest absolute Gasteiger partial charge is 0.0544 e. The first kappa shape index (κ1) is 21.4. The van der Waals surface area contributed by atoms with Crippen molar-refractivity contribution in [2.75, 3.05) is 47.1 Å².